The van der Waals surface area contributed by atoms with E-state index in [2.05, 4.69) is 50.3 Å². The number of quaternary nitrogens is 1. The summed E-state index contributed by atoms with van der Waals surface area (Å²) in [5.74, 6) is -1.61. The van der Waals surface area contributed by atoms with Crippen molar-refractivity contribution in [2.45, 2.75) is 116 Å². The molecule has 49 heavy (non-hydrogen) atoms. The summed E-state index contributed by atoms with van der Waals surface area (Å²) >= 11 is 0. The zero-order chi connectivity index (χ0) is 36.4. The van der Waals surface area contributed by atoms with E-state index in [0.29, 0.717) is 19.3 Å². The maximum Gasteiger partial charge on any atom is 0.362 e. The molecule has 0 amide bonds. The number of rotatable bonds is 30. The van der Waals surface area contributed by atoms with E-state index in [-0.39, 0.29) is 36.7 Å². The third-order valence-corrected chi connectivity index (χ3v) is 7.40. The molecule has 0 fully saturated rings. The number of carbonyl (C=O) groups is 3. The molecule has 8 heteroatoms. The lowest BCUT2D eigenvalue weighted by molar-refractivity contribution is -0.887. The van der Waals surface area contributed by atoms with Crippen LogP contribution >= 0.6 is 0 Å². The van der Waals surface area contributed by atoms with Crippen LogP contribution in [-0.2, 0) is 28.6 Å². The Morgan fingerprint density at radius 3 is 1.90 bits per heavy atom. The first kappa shape index (κ1) is 45.5. The summed E-state index contributed by atoms with van der Waals surface area (Å²) in [6, 6.07) is -0.630. The molecule has 0 aliphatic heterocycles. The van der Waals surface area contributed by atoms with Crippen LogP contribution in [0.4, 0.5) is 0 Å². The minimum atomic E-state index is -0.894. The monoisotopic (exact) mass is 684 g/mol. The van der Waals surface area contributed by atoms with Gasteiger partial charge in [0, 0.05) is 19.3 Å². The fourth-order valence-corrected chi connectivity index (χ4v) is 4.59. The van der Waals surface area contributed by atoms with Crippen molar-refractivity contribution in [3.05, 3.63) is 85.1 Å². The average molecular weight is 685 g/mol. The van der Waals surface area contributed by atoms with Crippen LogP contribution in [0.15, 0.2) is 85.1 Å². The van der Waals surface area contributed by atoms with Crippen LogP contribution in [0.3, 0.4) is 0 Å². The molecule has 0 heterocycles. The van der Waals surface area contributed by atoms with Gasteiger partial charge in [0.1, 0.15) is 6.61 Å². The summed E-state index contributed by atoms with van der Waals surface area (Å²) in [6.07, 6.45) is 39.5. The predicted molar refractivity (Wildman–Crippen MR) is 201 cm³/mol. The fourth-order valence-electron chi connectivity index (χ4n) is 4.59. The molecule has 0 aromatic carbocycles. The van der Waals surface area contributed by atoms with Crippen LogP contribution in [0.2, 0.25) is 0 Å². The quantitative estimate of drug-likeness (QED) is 0.0265. The summed E-state index contributed by atoms with van der Waals surface area (Å²) < 4.78 is 17.0. The Morgan fingerprint density at radius 1 is 0.653 bits per heavy atom. The van der Waals surface area contributed by atoms with Gasteiger partial charge in [0.25, 0.3) is 0 Å². The van der Waals surface area contributed by atoms with Crippen LogP contribution in [0.5, 0.6) is 0 Å². The maximum atomic E-state index is 12.5. The van der Waals surface area contributed by atoms with E-state index in [1.54, 1.807) is 0 Å². The fraction of sp³-hybridized carbons (Fsp3) is 0.585. The molecule has 0 bridgehead atoms. The number of likely N-dealkylation sites (N-methyl/N-ethyl adjacent to an activating group) is 1. The maximum absolute atomic E-state index is 12.5. The van der Waals surface area contributed by atoms with E-state index in [9.17, 15) is 19.5 Å². The van der Waals surface area contributed by atoms with Crippen molar-refractivity contribution in [1.82, 2.24) is 0 Å². The molecule has 0 aromatic rings. The van der Waals surface area contributed by atoms with E-state index in [1.807, 2.05) is 69.8 Å². The standard InChI is InChI=1S/C41H65NO7/c1-6-8-10-12-14-15-16-17-18-19-20-21-22-23-24-26-27-29-31-39(43)48-36-37(35-47-34-33-38(41(45)46)42(3,4)5)49-40(44)32-30-28-25-13-11-9-7-2/h9-12,14-21,25,28,37-38H,6-8,13,22-24,26-27,29-36H2,1-5H3/p+1/b11-9+,12-10+,15-14+,17-16+,19-18+,21-20+,28-25+. The van der Waals surface area contributed by atoms with Crippen LogP contribution in [0.25, 0.3) is 0 Å². The van der Waals surface area contributed by atoms with Crippen LogP contribution in [0.1, 0.15) is 104 Å². The Hall–Kier alpha value is -3.49. The third kappa shape index (κ3) is 30.3. The first-order chi connectivity index (χ1) is 23.6. The molecule has 8 nitrogen and oxygen atoms in total. The van der Waals surface area contributed by atoms with Gasteiger partial charge in [-0.2, -0.15) is 0 Å². The molecule has 0 saturated heterocycles. The lowest BCUT2D eigenvalue weighted by Gasteiger charge is -2.31. The second-order valence-electron chi connectivity index (χ2n) is 12.9. The van der Waals surface area contributed by atoms with Gasteiger partial charge in [0.05, 0.1) is 34.4 Å². The molecule has 1 N–H and O–H groups in total. The average Bonchev–Trinajstić information content (AvgIpc) is 3.05. The van der Waals surface area contributed by atoms with E-state index < -0.39 is 24.1 Å². The molecule has 0 radical (unpaired) electrons. The van der Waals surface area contributed by atoms with Crippen molar-refractivity contribution in [3.8, 4) is 0 Å². The van der Waals surface area contributed by atoms with Crippen LogP contribution in [0, 0.1) is 0 Å². The Labute approximate surface area is 297 Å². The summed E-state index contributed by atoms with van der Waals surface area (Å²) in [4.78, 5) is 36.6. The molecule has 0 aromatic heterocycles. The van der Waals surface area contributed by atoms with E-state index in [0.717, 1.165) is 57.8 Å². The first-order valence-corrected chi connectivity index (χ1v) is 18.2. The van der Waals surface area contributed by atoms with Crippen molar-refractivity contribution >= 4 is 17.9 Å². The number of aliphatic carboxylic acids is 1. The van der Waals surface area contributed by atoms with Gasteiger partial charge in [-0.25, -0.2) is 4.79 Å². The number of allylic oxidation sites excluding steroid dienone is 14. The number of hydrogen-bond donors (Lipinski definition) is 1. The normalized spacial score (nSPS) is 14.1. The number of unbranched alkanes of at least 4 members (excludes halogenated alkanes) is 6. The van der Waals surface area contributed by atoms with Crippen molar-refractivity contribution in [2.24, 2.45) is 0 Å². The van der Waals surface area contributed by atoms with Gasteiger partial charge in [-0.15, -0.1) is 0 Å². The lowest BCUT2D eigenvalue weighted by atomic mass is 10.1. The van der Waals surface area contributed by atoms with Gasteiger partial charge in [-0.3, -0.25) is 9.59 Å². The number of esters is 2. The zero-order valence-electron chi connectivity index (χ0n) is 31.1. The lowest BCUT2D eigenvalue weighted by Crippen LogP contribution is -2.50. The Morgan fingerprint density at radius 2 is 1.27 bits per heavy atom. The molecule has 0 saturated carbocycles. The molecular weight excluding hydrogens is 618 g/mol. The predicted octanol–water partition coefficient (Wildman–Crippen LogP) is 9.01. The Balaban J connectivity index is 4.45. The topological polar surface area (TPSA) is 99.1 Å². The van der Waals surface area contributed by atoms with Crippen LogP contribution in [-0.4, -0.2) is 80.6 Å². The largest absolute Gasteiger partial charge is 0.477 e. The highest BCUT2D eigenvalue weighted by Crippen LogP contribution is 2.11. The molecule has 276 valence electrons. The number of carboxylic acid groups (broad SMARTS) is 1. The number of ether oxygens (including phenoxy) is 3. The van der Waals surface area contributed by atoms with Gasteiger partial charge >= 0.3 is 17.9 Å². The summed E-state index contributed by atoms with van der Waals surface area (Å²) in [5.41, 5.74) is 0. The first-order valence-electron chi connectivity index (χ1n) is 18.2. The van der Waals surface area contributed by atoms with E-state index in [4.69, 9.17) is 14.2 Å². The van der Waals surface area contributed by atoms with Crippen molar-refractivity contribution in [3.63, 3.8) is 0 Å². The molecule has 2 unspecified atom stereocenters. The highest BCUT2D eigenvalue weighted by Gasteiger charge is 2.31. The van der Waals surface area contributed by atoms with E-state index in [1.165, 1.54) is 6.42 Å². The summed E-state index contributed by atoms with van der Waals surface area (Å²) in [6.45, 7) is 4.36. The van der Waals surface area contributed by atoms with Gasteiger partial charge < -0.3 is 23.8 Å². The SMILES string of the molecule is CC/C=C/C/C=C/CCC(=O)OC(COCCC(C(=O)O)[N+](C)(C)C)COC(=O)CCCCCCC/C=C/C=C/C=C/C=C/C=C/CCC. The molecule has 0 rings (SSSR count). The Bertz CT molecular complexity index is 1080. The van der Waals surface area contributed by atoms with Gasteiger partial charge in [-0.05, 0) is 44.9 Å². The zero-order valence-corrected chi connectivity index (χ0v) is 31.1. The molecular formula is C41H66NO7+. The van der Waals surface area contributed by atoms with Crippen LogP contribution < -0.4 is 0 Å². The minimum absolute atomic E-state index is 0.0233. The summed E-state index contributed by atoms with van der Waals surface area (Å²) in [7, 11) is 5.47. The highest BCUT2D eigenvalue weighted by molar-refractivity contribution is 5.72. The second-order valence-corrected chi connectivity index (χ2v) is 12.9. The number of carboxylic acids is 1. The van der Waals surface area contributed by atoms with Gasteiger partial charge in [-0.1, -0.05) is 125 Å². The third-order valence-electron chi connectivity index (χ3n) is 7.40. The molecule has 0 spiro atoms. The number of carbonyl (C=O) groups excluding carboxylic acids is 2. The van der Waals surface area contributed by atoms with Crippen molar-refractivity contribution in [2.75, 3.05) is 41.0 Å². The Kier molecular flexibility index (Phi) is 29.5. The smallest absolute Gasteiger partial charge is 0.362 e. The highest BCUT2D eigenvalue weighted by atomic mass is 16.6. The number of nitrogens with zero attached hydrogens (tertiary/aromatic N) is 1. The van der Waals surface area contributed by atoms with Gasteiger partial charge in [0.2, 0.25) is 0 Å². The summed E-state index contributed by atoms with van der Waals surface area (Å²) in [5, 5.41) is 9.55. The van der Waals surface area contributed by atoms with Gasteiger partial charge in [0.15, 0.2) is 12.1 Å². The molecule has 0 aliphatic carbocycles. The van der Waals surface area contributed by atoms with E-state index >= 15 is 0 Å². The van der Waals surface area contributed by atoms with Crippen molar-refractivity contribution < 1.29 is 38.2 Å². The molecule has 2 atom stereocenters. The number of hydrogen-bond acceptors (Lipinski definition) is 6. The van der Waals surface area contributed by atoms with Crippen molar-refractivity contribution in [1.29, 1.82) is 0 Å². The second kappa shape index (κ2) is 31.8. The molecule has 0 aliphatic rings. The minimum Gasteiger partial charge on any atom is -0.477 e.